The fourth-order valence-corrected chi connectivity index (χ4v) is 6.58. The van der Waals surface area contributed by atoms with Crippen molar-refractivity contribution >= 4 is 17.7 Å². The minimum atomic E-state index is -0.613. The Bertz CT molecular complexity index is 1100. The van der Waals surface area contributed by atoms with Gasteiger partial charge in [-0.2, -0.15) is 0 Å². The SMILES string of the molecule is CC[C@@H](C(=O)N[C@H]1CCCC[C@H]2CC[C@@H](C(=O)NC(c3ccccc3)c3ccccc3)N2C1=O)N1CCOCC1. The molecule has 3 saturated heterocycles. The van der Waals surface area contributed by atoms with Gasteiger partial charge in [-0.25, -0.2) is 0 Å². The van der Waals surface area contributed by atoms with Gasteiger partial charge in [-0.3, -0.25) is 19.3 Å². The van der Waals surface area contributed by atoms with E-state index in [1.165, 1.54) is 0 Å². The second-order valence-corrected chi connectivity index (χ2v) is 11.2. The molecule has 3 fully saturated rings. The van der Waals surface area contributed by atoms with Crippen LogP contribution in [-0.4, -0.2) is 78.0 Å². The molecule has 8 nitrogen and oxygen atoms in total. The van der Waals surface area contributed by atoms with Crippen molar-refractivity contribution in [1.82, 2.24) is 20.4 Å². The zero-order chi connectivity index (χ0) is 27.9. The van der Waals surface area contributed by atoms with Gasteiger partial charge in [0.15, 0.2) is 0 Å². The summed E-state index contributed by atoms with van der Waals surface area (Å²) in [5, 5.41) is 6.37. The number of amides is 3. The van der Waals surface area contributed by atoms with Crippen LogP contribution in [0.2, 0.25) is 0 Å². The van der Waals surface area contributed by atoms with Crippen LogP contribution < -0.4 is 10.6 Å². The Morgan fingerprint density at radius 1 is 0.900 bits per heavy atom. The van der Waals surface area contributed by atoms with Crippen LogP contribution in [0.5, 0.6) is 0 Å². The molecule has 8 heteroatoms. The first-order valence-electron chi connectivity index (χ1n) is 14.9. The maximum Gasteiger partial charge on any atom is 0.246 e. The molecule has 0 saturated carbocycles. The van der Waals surface area contributed by atoms with Crippen molar-refractivity contribution in [3.8, 4) is 0 Å². The number of morpholine rings is 1. The molecule has 0 radical (unpaired) electrons. The average molecular weight is 547 g/mol. The number of nitrogens with one attached hydrogen (secondary N) is 2. The van der Waals surface area contributed by atoms with E-state index in [2.05, 4.69) is 15.5 Å². The van der Waals surface area contributed by atoms with Gasteiger partial charge >= 0.3 is 0 Å². The van der Waals surface area contributed by atoms with Crippen LogP contribution in [0.1, 0.15) is 69.0 Å². The molecule has 4 atom stereocenters. The van der Waals surface area contributed by atoms with E-state index < -0.39 is 12.1 Å². The van der Waals surface area contributed by atoms with Crippen molar-refractivity contribution in [2.24, 2.45) is 0 Å². The van der Waals surface area contributed by atoms with E-state index in [-0.39, 0.29) is 35.8 Å². The van der Waals surface area contributed by atoms with Gasteiger partial charge in [-0.15, -0.1) is 0 Å². The standard InChI is InChI=1S/C32H42N4O4/c1-2-27(35-19-21-40-22-20-35)30(37)33-26-16-10-9-15-25-17-18-28(36(25)32(26)39)31(38)34-29(23-11-5-3-6-12-23)24-13-7-4-8-14-24/h3-8,11-14,25-29H,2,9-10,15-22H2,1H3,(H,33,37)(H,34,38)/t25-,26-,27-,28-/m0/s1. The number of carbonyl (C=O) groups excluding carboxylic acids is 3. The lowest BCUT2D eigenvalue weighted by Crippen LogP contribution is -2.59. The lowest BCUT2D eigenvalue weighted by Gasteiger charge is -2.37. The summed E-state index contributed by atoms with van der Waals surface area (Å²) in [5.41, 5.74) is 1.99. The number of ether oxygens (including phenoxy) is 1. The van der Waals surface area contributed by atoms with Crippen molar-refractivity contribution in [2.45, 2.75) is 82.1 Å². The maximum absolute atomic E-state index is 14.0. The number of benzene rings is 2. The van der Waals surface area contributed by atoms with E-state index in [9.17, 15) is 14.4 Å². The molecular weight excluding hydrogens is 504 g/mol. The number of carbonyl (C=O) groups is 3. The highest BCUT2D eigenvalue weighted by atomic mass is 16.5. The molecule has 3 amide bonds. The van der Waals surface area contributed by atoms with E-state index in [1.54, 1.807) is 0 Å². The van der Waals surface area contributed by atoms with Crippen LogP contribution in [0, 0.1) is 0 Å². The molecule has 3 aliphatic rings. The Balaban J connectivity index is 1.33. The highest BCUT2D eigenvalue weighted by Gasteiger charge is 2.44. The zero-order valence-electron chi connectivity index (χ0n) is 23.5. The normalized spacial score (nSPS) is 24.6. The van der Waals surface area contributed by atoms with E-state index in [4.69, 9.17) is 4.74 Å². The Kier molecular flexibility index (Phi) is 9.49. The molecular formula is C32H42N4O4. The molecule has 40 heavy (non-hydrogen) atoms. The summed E-state index contributed by atoms with van der Waals surface area (Å²) in [6.45, 7) is 4.67. The minimum absolute atomic E-state index is 0.0241. The highest BCUT2D eigenvalue weighted by Crippen LogP contribution is 2.32. The lowest BCUT2D eigenvalue weighted by molar-refractivity contribution is -0.145. The molecule has 0 aromatic heterocycles. The largest absolute Gasteiger partial charge is 0.379 e. The van der Waals surface area contributed by atoms with Gasteiger partial charge < -0.3 is 20.3 Å². The predicted molar refractivity (Wildman–Crippen MR) is 153 cm³/mol. The molecule has 0 spiro atoms. The molecule has 214 valence electrons. The molecule has 2 aromatic rings. The van der Waals surface area contributed by atoms with Crippen LogP contribution in [0.3, 0.4) is 0 Å². The van der Waals surface area contributed by atoms with Gasteiger partial charge in [0, 0.05) is 19.1 Å². The predicted octanol–water partition coefficient (Wildman–Crippen LogP) is 3.42. The molecule has 2 aromatic carbocycles. The Labute approximate surface area is 237 Å². The molecule has 3 heterocycles. The van der Waals surface area contributed by atoms with Crippen molar-refractivity contribution in [3.63, 3.8) is 0 Å². The number of hydrogen-bond donors (Lipinski definition) is 2. The quantitative estimate of drug-likeness (QED) is 0.530. The second kappa shape index (κ2) is 13.4. The topological polar surface area (TPSA) is 91.0 Å². The molecule has 3 aliphatic heterocycles. The summed E-state index contributed by atoms with van der Waals surface area (Å²) in [7, 11) is 0. The lowest BCUT2D eigenvalue weighted by atomic mass is 9.97. The van der Waals surface area contributed by atoms with Crippen LogP contribution in [0.4, 0.5) is 0 Å². The van der Waals surface area contributed by atoms with E-state index in [1.807, 2.05) is 72.5 Å². The Morgan fingerprint density at radius 3 is 2.15 bits per heavy atom. The zero-order valence-corrected chi connectivity index (χ0v) is 23.5. The molecule has 0 bridgehead atoms. The summed E-state index contributed by atoms with van der Waals surface area (Å²) in [6.07, 6.45) is 5.45. The Hall–Kier alpha value is -3.23. The fraction of sp³-hybridized carbons (Fsp3) is 0.531. The van der Waals surface area contributed by atoms with Gasteiger partial charge in [0.05, 0.1) is 25.3 Å². The van der Waals surface area contributed by atoms with Gasteiger partial charge in [-0.1, -0.05) is 80.4 Å². The van der Waals surface area contributed by atoms with Crippen molar-refractivity contribution in [3.05, 3.63) is 71.8 Å². The first kappa shape index (κ1) is 28.3. The fourth-order valence-electron chi connectivity index (χ4n) is 6.58. The Morgan fingerprint density at radius 2 is 1.52 bits per heavy atom. The summed E-state index contributed by atoms with van der Waals surface area (Å²) >= 11 is 0. The van der Waals surface area contributed by atoms with Gasteiger partial charge in [0.1, 0.15) is 12.1 Å². The minimum Gasteiger partial charge on any atom is -0.379 e. The van der Waals surface area contributed by atoms with Crippen molar-refractivity contribution in [1.29, 1.82) is 0 Å². The van der Waals surface area contributed by atoms with Gasteiger partial charge in [0.2, 0.25) is 17.7 Å². The van der Waals surface area contributed by atoms with Gasteiger partial charge in [-0.05, 0) is 43.2 Å². The number of rotatable bonds is 8. The molecule has 0 unspecified atom stereocenters. The highest BCUT2D eigenvalue weighted by molar-refractivity contribution is 5.94. The maximum atomic E-state index is 14.0. The summed E-state index contributed by atoms with van der Waals surface area (Å²) in [6, 6.07) is 18.1. The summed E-state index contributed by atoms with van der Waals surface area (Å²) in [4.78, 5) is 45.3. The molecule has 2 N–H and O–H groups in total. The second-order valence-electron chi connectivity index (χ2n) is 11.2. The molecule has 5 rings (SSSR count). The third kappa shape index (κ3) is 6.39. The number of fused-ring (bicyclic) bond motifs is 1. The van der Waals surface area contributed by atoms with Crippen LogP contribution in [0.25, 0.3) is 0 Å². The van der Waals surface area contributed by atoms with E-state index >= 15 is 0 Å². The summed E-state index contributed by atoms with van der Waals surface area (Å²) < 4.78 is 5.46. The third-order valence-electron chi connectivity index (χ3n) is 8.68. The third-order valence-corrected chi connectivity index (χ3v) is 8.68. The monoisotopic (exact) mass is 546 g/mol. The average Bonchev–Trinajstić information content (AvgIpc) is 3.41. The van der Waals surface area contributed by atoms with E-state index in [0.29, 0.717) is 45.6 Å². The number of hydrogen-bond acceptors (Lipinski definition) is 5. The van der Waals surface area contributed by atoms with Crippen LogP contribution >= 0.6 is 0 Å². The van der Waals surface area contributed by atoms with Crippen LogP contribution in [0.15, 0.2) is 60.7 Å². The first-order valence-corrected chi connectivity index (χ1v) is 14.9. The summed E-state index contributed by atoms with van der Waals surface area (Å²) in [5.74, 6) is -0.365. The van der Waals surface area contributed by atoms with Crippen molar-refractivity contribution in [2.75, 3.05) is 26.3 Å². The van der Waals surface area contributed by atoms with Crippen molar-refractivity contribution < 1.29 is 19.1 Å². The van der Waals surface area contributed by atoms with Crippen LogP contribution in [-0.2, 0) is 19.1 Å². The molecule has 0 aliphatic carbocycles. The first-order chi connectivity index (χ1) is 19.6. The smallest absolute Gasteiger partial charge is 0.246 e. The van der Waals surface area contributed by atoms with Gasteiger partial charge in [0.25, 0.3) is 0 Å². The number of nitrogens with zero attached hydrogens (tertiary/aromatic N) is 2. The van der Waals surface area contributed by atoms with E-state index in [0.717, 1.165) is 36.8 Å².